The first-order valence-corrected chi connectivity index (χ1v) is 9.53. The van der Waals surface area contributed by atoms with Gasteiger partial charge in [0.1, 0.15) is 5.82 Å². The second-order valence-corrected chi connectivity index (χ2v) is 7.15. The number of nitrogens with zero attached hydrogens (tertiary/aromatic N) is 2. The Morgan fingerprint density at radius 2 is 2.03 bits per heavy atom. The fraction of sp³-hybridized carbons (Fsp3) is 0.182. The molecule has 0 spiro atoms. The minimum Gasteiger partial charge on any atom is -0.459 e. The van der Waals surface area contributed by atoms with E-state index in [0.29, 0.717) is 17.0 Å². The van der Waals surface area contributed by atoms with Crippen molar-refractivity contribution in [1.29, 1.82) is 0 Å². The summed E-state index contributed by atoms with van der Waals surface area (Å²) in [5.41, 5.74) is 2.22. The zero-order chi connectivity index (χ0) is 20.2. The van der Waals surface area contributed by atoms with Crippen LogP contribution in [-0.4, -0.2) is 29.2 Å². The van der Waals surface area contributed by atoms with Gasteiger partial charge in [-0.1, -0.05) is 47.1 Å². The molecule has 0 saturated heterocycles. The summed E-state index contributed by atoms with van der Waals surface area (Å²) in [5.74, 6) is -0.435. The number of carbonyl (C=O) groups excluding carboxylic acids is 1. The van der Waals surface area contributed by atoms with E-state index in [1.165, 1.54) is 18.4 Å². The second-order valence-electron chi connectivity index (χ2n) is 6.74. The van der Waals surface area contributed by atoms with Gasteiger partial charge in [-0.3, -0.25) is 4.79 Å². The Hall–Kier alpha value is -3.12. The van der Waals surface area contributed by atoms with Crippen LogP contribution in [0.1, 0.15) is 28.1 Å². The lowest BCUT2D eigenvalue weighted by Gasteiger charge is -2.24. The summed E-state index contributed by atoms with van der Waals surface area (Å²) in [6.45, 7) is 0.492. The number of halogens is 2. The van der Waals surface area contributed by atoms with Gasteiger partial charge in [-0.25, -0.2) is 4.39 Å². The number of rotatable bonds is 6. The monoisotopic (exact) mass is 412 g/mol. The van der Waals surface area contributed by atoms with Crippen LogP contribution in [0.5, 0.6) is 0 Å². The Balaban J connectivity index is 1.50. The summed E-state index contributed by atoms with van der Waals surface area (Å²) < 4.78 is 18.9. The average molecular weight is 413 g/mol. The molecule has 148 valence electrons. The summed E-state index contributed by atoms with van der Waals surface area (Å²) >= 11 is 6.25. The van der Waals surface area contributed by atoms with E-state index in [-0.39, 0.29) is 36.7 Å². The molecule has 7 heteroatoms. The number of benzene rings is 2. The molecule has 2 heterocycles. The van der Waals surface area contributed by atoms with E-state index in [1.807, 2.05) is 18.2 Å². The molecule has 1 amide bonds. The van der Waals surface area contributed by atoms with Gasteiger partial charge < -0.3 is 14.2 Å². The predicted octanol–water partition coefficient (Wildman–Crippen LogP) is 4.91. The standard InChI is InChI=1S/C22H18ClFN2O3/c23-19-8-2-1-7-18(19)20-12-17(29-25-20)14-26(22(27)21-9-4-10-28-21)13-15-5-3-6-16(24)11-15/h1-11,17H,12-14H2/t17-/m1/s1. The Morgan fingerprint density at radius 3 is 2.79 bits per heavy atom. The molecule has 29 heavy (non-hydrogen) atoms. The molecular weight excluding hydrogens is 395 g/mol. The van der Waals surface area contributed by atoms with Gasteiger partial charge in [0.15, 0.2) is 11.9 Å². The third-order valence-electron chi connectivity index (χ3n) is 4.62. The van der Waals surface area contributed by atoms with Crippen LogP contribution in [0.15, 0.2) is 76.5 Å². The SMILES string of the molecule is O=C(c1ccco1)N(Cc1cccc(F)c1)C[C@H]1CC(c2ccccc2Cl)=NO1. The molecular formula is C22H18ClFN2O3. The van der Waals surface area contributed by atoms with E-state index in [2.05, 4.69) is 5.16 Å². The first-order chi connectivity index (χ1) is 14.1. The van der Waals surface area contributed by atoms with Gasteiger partial charge in [0.2, 0.25) is 0 Å². The molecule has 1 atom stereocenters. The van der Waals surface area contributed by atoms with Gasteiger partial charge in [-0.2, -0.15) is 0 Å². The summed E-state index contributed by atoms with van der Waals surface area (Å²) in [4.78, 5) is 20.1. The van der Waals surface area contributed by atoms with Crippen LogP contribution in [0, 0.1) is 5.82 Å². The van der Waals surface area contributed by atoms with Crippen molar-refractivity contribution < 1.29 is 18.4 Å². The molecule has 0 aliphatic carbocycles. The largest absolute Gasteiger partial charge is 0.459 e. The maximum atomic E-state index is 13.6. The first kappa shape index (κ1) is 19.2. The minimum atomic E-state index is -0.352. The van der Waals surface area contributed by atoms with Gasteiger partial charge in [-0.15, -0.1) is 0 Å². The molecule has 4 rings (SSSR count). The van der Waals surface area contributed by atoms with Crippen molar-refractivity contribution in [2.75, 3.05) is 6.54 Å². The highest BCUT2D eigenvalue weighted by Gasteiger charge is 2.29. The lowest BCUT2D eigenvalue weighted by Crippen LogP contribution is -2.37. The van der Waals surface area contributed by atoms with Crippen molar-refractivity contribution in [2.45, 2.75) is 19.1 Å². The van der Waals surface area contributed by atoms with Gasteiger partial charge in [0.05, 0.1) is 18.5 Å². The number of hydrogen-bond acceptors (Lipinski definition) is 4. The van der Waals surface area contributed by atoms with E-state index >= 15 is 0 Å². The molecule has 2 aromatic carbocycles. The summed E-state index contributed by atoms with van der Waals surface area (Å²) in [6, 6.07) is 16.8. The minimum absolute atomic E-state index is 0.214. The number of hydrogen-bond donors (Lipinski definition) is 0. The van der Waals surface area contributed by atoms with Gasteiger partial charge in [0, 0.05) is 23.6 Å². The van der Waals surface area contributed by atoms with Crippen molar-refractivity contribution in [1.82, 2.24) is 4.90 Å². The molecule has 3 aromatic rings. The van der Waals surface area contributed by atoms with Crippen molar-refractivity contribution in [3.63, 3.8) is 0 Å². The first-order valence-electron chi connectivity index (χ1n) is 9.15. The third kappa shape index (κ3) is 4.49. The quantitative estimate of drug-likeness (QED) is 0.578. The number of carbonyl (C=O) groups is 1. The maximum absolute atomic E-state index is 13.6. The molecule has 0 bridgehead atoms. The fourth-order valence-electron chi connectivity index (χ4n) is 3.26. The van der Waals surface area contributed by atoms with Gasteiger partial charge in [-0.05, 0) is 35.9 Å². The Bertz CT molecular complexity index is 1040. The molecule has 0 unspecified atom stereocenters. The highest BCUT2D eigenvalue weighted by atomic mass is 35.5. The van der Waals surface area contributed by atoms with Crippen LogP contribution < -0.4 is 0 Å². The zero-order valence-corrected chi connectivity index (χ0v) is 16.2. The van der Waals surface area contributed by atoms with E-state index in [9.17, 15) is 9.18 Å². The molecule has 1 aliphatic heterocycles. The topological polar surface area (TPSA) is 55.0 Å². The van der Waals surface area contributed by atoms with Crippen LogP contribution in [0.2, 0.25) is 5.02 Å². The molecule has 1 aromatic heterocycles. The molecule has 0 saturated carbocycles. The van der Waals surface area contributed by atoms with Gasteiger partial charge in [0.25, 0.3) is 5.91 Å². The lowest BCUT2D eigenvalue weighted by atomic mass is 10.0. The Kier molecular flexibility index (Phi) is 5.62. The summed E-state index contributed by atoms with van der Waals surface area (Å²) in [6.07, 6.45) is 1.61. The van der Waals surface area contributed by atoms with Crippen molar-refractivity contribution in [3.05, 3.63) is 94.7 Å². The van der Waals surface area contributed by atoms with Crippen molar-refractivity contribution >= 4 is 23.2 Å². The average Bonchev–Trinajstić information content (AvgIpc) is 3.40. The van der Waals surface area contributed by atoms with Crippen LogP contribution in [0.25, 0.3) is 0 Å². The smallest absolute Gasteiger partial charge is 0.289 e. The van der Waals surface area contributed by atoms with Crippen LogP contribution in [0.3, 0.4) is 0 Å². The van der Waals surface area contributed by atoms with Crippen LogP contribution in [0.4, 0.5) is 4.39 Å². The Morgan fingerprint density at radius 1 is 1.17 bits per heavy atom. The normalized spacial score (nSPS) is 15.7. The van der Waals surface area contributed by atoms with Crippen LogP contribution in [-0.2, 0) is 11.4 Å². The van der Waals surface area contributed by atoms with E-state index in [1.54, 1.807) is 35.2 Å². The highest BCUT2D eigenvalue weighted by Crippen LogP contribution is 2.24. The second kappa shape index (κ2) is 8.49. The molecule has 5 nitrogen and oxygen atoms in total. The summed E-state index contributed by atoms with van der Waals surface area (Å²) in [5, 5.41) is 4.75. The molecule has 0 N–H and O–H groups in total. The van der Waals surface area contributed by atoms with Gasteiger partial charge >= 0.3 is 0 Å². The molecule has 0 fully saturated rings. The summed E-state index contributed by atoms with van der Waals surface area (Å²) in [7, 11) is 0. The number of oxime groups is 1. The molecule has 0 radical (unpaired) electrons. The number of amides is 1. The number of furan rings is 1. The van der Waals surface area contributed by atoms with E-state index in [4.69, 9.17) is 20.9 Å². The molecule has 1 aliphatic rings. The van der Waals surface area contributed by atoms with E-state index in [0.717, 1.165) is 11.3 Å². The predicted molar refractivity (Wildman–Crippen MR) is 107 cm³/mol. The highest BCUT2D eigenvalue weighted by molar-refractivity contribution is 6.34. The van der Waals surface area contributed by atoms with Crippen LogP contribution >= 0.6 is 11.6 Å². The van der Waals surface area contributed by atoms with E-state index < -0.39 is 0 Å². The Labute approximate surface area is 172 Å². The fourth-order valence-corrected chi connectivity index (χ4v) is 3.50. The maximum Gasteiger partial charge on any atom is 0.289 e. The van der Waals surface area contributed by atoms with Crippen molar-refractivity contribution in [2.24, 2.45) is 5.16 Å². The lowest BCUT2D eigenvalue weighted by molar-refractivity contribution is 0.0387. The third-order valence-corrected chi connectivity index (χ3v) is 4.95. The van der Waals surface area contributed by atoms with Crippen molar-refractivity contribution in [3.8, 4) is 0 Å². The zero-order valence-electron chi connectivity index (χ0n) is 15.4.